The maximum atomic E-state index is 12.1. The Morgan fingerprint density at radius 2 is 1.88 bits per heavy atom. The molecular formula is C13H19NO2. The van der Waals surface area contributed by atoms with Crippen LogP contribution in [0.15, 0.2) is 30.3 Å². The second kappa shape index (κ2) is 5.66. The first-order chi connectivity index (χ1) is 7.57. The number of amides is 1. The summed E-state index contributed by atoms with van der Waals surface area (Å²) in [7, 11) is 1.72. The normalized spacial score (nSPS) is 14.2. The number of likely N-dealkylation sites (N-methyl/N-ethyl adjacent to an activating group) is 1. The second-order valence-corrected chi connectivity index (χ2v) is 4.11. The van der Waals surface area contributed by atoms with E-state index in [-0.39, 0.29) is 24.5 Å². The summed E-state index contributed by atoms with van der Waals surface area (Å²) in [4.78, 5) is 13.7. The van der Waals surface area contributed by atoms with Crippen LogP contribution < -0.4 is 0 Å². The molecule has 0 aliphatic rings. The van der Waals surface area contributed by atoms with Gasteiger partial charge in [-0.25, -0.2) is 0 Å². The molecule has 1 aromatic rings. The van der Waals surface area contributed by atoms with Crippen molar-refractivity contribution in [3.05, 3.63) is 35.9 Å². The Bertz CT molecular complexity index is 337. The summed E-state index contributed by atoms with van der Waals surface area (Å²) in [5.41, 5.74) is 1.00. The second-order valence-electron chi connectivity index (χ2n) is 4.11. The highest BCUT2D eigenvalue weighted by Crippen LogP contribution is 2.17. The zero-order chi connectivity index (χ0) is 12.1. The van der Waals surface area contributed by atoms with Crippen molar-refractivity contribution < 1.29 is 9.90 Å². The van der Waals surface area contributed by atoms with Crippen LogP contribution in [0, 0.1) is 0 Å². The van der Waals surface area contributed by atoms with Crippen molar-refractivity contribution in [1.82, 2.24) is 4.90 Å². The van der Waals surface area contributed by atoms with E-state index in [2.05, 4.69) is 0 Å². The molecule has 88 valence electrons. The number of benzene rings is 1. The van der Waals surface area contributed by atoms with Crippen LogP contribution in [-0.4, -0.2) is 35.6 Å². The van der Waals surface area contributed by atoms with Crippen LogP contribution in [0.2, 0.25) is 0 Å². The summed E-state index contributed by atoms with van der Waals surface area (Å²) >= 11 is 0. The summed E-state index contributed by atoms with van der Waals surface area (Å²) in [5, 5.41) is 9.01. The number of carbonyl (C=O) groups is 1. The minimum atomic E-state index is -0.166. The van der Waals surface area contributed by atoms with Gasteiger partial charge in [0, 0.05) is 7.05 Å². The lowest BCUT2D eigenvalue weighted by Gasteiger charge is -2.26. The van der Waals surface area contributed by atoms with E-state index in [4.69, 9.17) is 5.11 Å². The van der Waals surface area contributed by atoms with Crippen molar-refractivity contribution in [2.75, 3.05) is 13.7 Å². The Labute approximate surface area is 96.7 Å². The van der Waals surface area contributed by atoms with Gasteiger partial charge in [-0.15, -0.1) is 0 Å². The van der Waals surface area contributed by atoms with Gasteiger partial charge in [0.05, 0.1) is 18.6 Å². The molecule has 1 aromatic carbocycles. The first-order valence-electron chi connectivity index (χ1n) is 5.50. The average Bonchev–Trinajstić information content (AvgIpc) is 2.36. The molecule has 3 nitrogen and oxygen atoms in total. The third-order valence-electron chi connectivity index (χ3n) is 2.94. The van der Waals surface area contributed by atoms with E-state index in [0.29, 0.717) is 0 Å². The number of aliphatic hydroxyl groups is 1. The summed E-state index contributed by atoms with van der Waals surface area (Å²) in [6.45, 7) is 3.71. The first kappa shape index (κ1) is 12.7. The first-order valence-corrected chi connectivity index (χ1v) is 5.50. The fourth-order valence-corrected chi connectivity index (χ4v) is 1.53. The topological polar surface area (TPSA) is 40.5 Å². The smallest absolute Gasteiger partial charge is 0.229 e. The Balaban J connectivity index is 2.75. The van der Waals surface area contributed by atoms with Crippen LogP contribution >= 0.6 is 0 Å². The van der Waals surface area contributed by atoms with Crippen molar-refractivity contribution in [3.8, 4) is 0 Å². The molecule has 0 aromatic heterocycles. The van der Waals surface area contributed by atoms with E-state index in [0.717, 1.165) is 5.56 Å². The fraction of sp³-hybridized carbons (Fsp3) is 0.462. The van der Waals surface area contributed by atoms with E-state index in [9.17, 15) is 4.79 Å². The molecule has 2 unspecified atom stereocenters. The van der Waals surface area contributed by atoms with Crippen LogP contribution in [0.25, 0.3) is 0 Å². The molecule has 16 heavy (non-hydrogen) atoms. The van der Waals surface area contributed by atoms with Crippen molar-refractivity contribution in [3.63, 3.8) is 0 Å². The van der Waals surface area contributed by atoms with Crippen LogP contribution in [-0.2, 0) is 4.79 Å². The predicted molar refractivity (Wildman–Crippen MR) is 64.2 cm³/mol. The largest absolute Gasteiger partial charge is 0.394 e. The van der Waals surface area contributed by atoms with Crippen molar-refractivity contribution >= 4 is 5.91 Å². The summed E-state index contributed by atoms with van der Waals surface area (Å²) < 4.78 is 0. The lowest BCUT2D eigenvalue weighted by Crippen LogP contribution is -2.39. The SMILES string of the molecule is CC(C(=O)N(C)C(C)CO)c1ccccc1. The molecule has 1 amide bonds. The van der Waals surface area contributed by atoms with E-state index >= 15 is 0 Å². The number of nitrogens with zero attached hydrogens (tertiary/aromatic N) is 1. The van der Waals surface area contributed by atoms with Gasteiger partial charge in [-0.1, -0.05) is 30.3 Å². The highest BCUT2D eigenvalue weighted by atomic mass is 16.3. The zero-order valence-corrected chi connectivity index (χ0v) is 10.1. The Hall–Kier alpha value is -1.35. The molecule has 0 spiro atoms. The molecule has 0 saturated carbocycles. The molecule has 2 atom stereocenters. The van der Waals surface area contributed by atoms with Crippen molar-refractivity contribution in [2.45, 2.75) is 25.8 Å². The minimum Gasteiger partial charge on any atom is -0.394 e. The molecule has 0 aliphatic carbocycles. The van der Waals surface area contributed by atoms with Gasteiger partial charge in [0.15, 0.2) is 0 Å². The number of carbonyl (C=O) groups excluding carboxylic acids is 1. The number of hydrogen-bond acceptors (Lipinski definition) is 2. The molecule has 0 bridgehead atoms. The van der Waals surface area contributed by atoms with Crippen LogP contribution in [0.1, 0.15) is 25.3 Å². The predicted octanol–water partition coefficient (Wildman–Crippen LogP) is 1.63. The van der Waals surface area contributed by atoms with Crippen LogP contribution in [0.4, 0.5) is 0 Å². The van der Waals surface area contributed by atoms with E-state index in [1.807, 2.05) is 44.2 Å². The highest BCUT2D eigenvalue weighted by Gasteiger charge is 2.21. The lowest BCUT2D eigenvalue weighted by atomic mass is 9.99. The molecule has 0 heterocycles. The third kappa shape index (κ3) is 2.83. The van der Waals surface area contributed by atoms with E-state index < -0.39 is 0 Å². The van der Waals surface area contributed by atoms with Gasteiger partial charge in [-0.3, -0.25) is 4.79 Å². The van der Waals surface area contributed by atoms with Gasteiger partial charge >= 0.3 is 0 Å². The van der Waals surface area contributed by atoms with Crippen molar-refractivity contribution in [1.29, 1.82) is 0 Å². The quantitative estimate of drug-likeness (QED) is 0.839. The number of rotatable bonds is 4. The monoisotopic (exact) mass is 221 g/mol. The Kier molecular flexibility index (Phi) is 4.50. The van der Waals surface area contributed by atoms with Gasteiger partial charge < -0.3 is 10.0 Å². The van der Waals surface area contributed by atoms with Crippen LogP contribution in [0.3, 0.4) is 0 Å². The standard InChI is InChI=1S/C13H19NO2/c1-10(9-15)14(3)13(16)11(2)12-7-5-4-6-8-12/h4-8,10-11,15H,9H2,1-3H3. The van der Waals surface area contributed by atoms with Crippen LogP contribution in [0.5, 0.6) is 0 Å². The molecule has 0 saturated heterocycles. The van der Waals surface area contributed by atoms with Crippen molar-refractivity contribution in [2.24, 2.45) is 0 Å². The number of aliphatic hydroxyl groups excluding tert-OH is 1. The lowest BCUT2D eigenvalue weighted by molar-refractivity contribution is -0.133. The maximum Gasteiger partial charge on any atom is 0.229 e. The van der Waals surface area contributed by atoms with E-state index in [1.54, 1.807) is 11.9 Å². The molecule has 1 rings (SSSR count). The molecule has 0 aliphatic heterocycles. The Morgan fingerprint density at radius 3 is 2.38 bits per heavy atom. The number of hydrogen-bond donors (Lipinski definition) is 1. The zero-order valence-electron chi connectivity index (χ0n) is 10.1. The molecule has 0 fully saturated rings. The molecule has 3 heteroatoms. The highest BCUT2D eigenvalue weighted by molar-refractivity contribution is 5.83. The summed E-state index contributed by atoms with van der Waals surface area (Å²) in [6, 6.07) is 9.53. The summed E-state index contributed by atoms with van der Waals surface area (Å²) in [6.07, 6.45) is 0. The average molecular weight is 221 g/mol. The van der Waals surface area contributed by atoms with Gasteiger partial charge in [-0.2, -0.15) is 0 Å². The molecule has 1 N–H and O–H groups in total. The fourth-order valence-electron chi connectivity index (χ4n) is 1.53. The molecular weight excluding hydrogens is 202 g/mol. The minimum absolute atomic E-state index is 0.0102. The summed E-state index contributed by atoms with van der Waals surface area (Å²) in [5.74, 6) is -0.132. The van der Waals surface area contributed by atoms with Gasteiger partial charge in [0.25, 0.3) is 0 Å². The van der Waals surface area contributed by atoms with Gasteiger partial charge in [0.2, 0.25) is 5.91 Å². The maximum absolute atomic E-state index is 12.1. The van der Waals surface area contributed by atoms with Gasteiger partial charge in [0.1, 0.15) is 0 Å². The van der Waals surface area contributed by atoms with Gasteiger partial charge in [-0.05, 0) is 19.4 Å². The molecule has 0 radical (unpaired) electrons. The Morgan fingerprint density at radius 1 is 1.31 bits per heavy atom. The van der Waals surface area contributed by atoms with E-state index in [1.165, 1.54) is 0 Å². The third-order valence-corrected chi connectivity index (χ3v) is 2.94.